The van der Waals surface area contributed by atoms with Gasteiger partial charge in [0.2, 0.25) is 0 Å². The number of furan rings is 1. The molecule has 0 aliphatic heterocycles. The van der Waals surface area contributed by atoms with Gasteiger partial charge in [-0.3, -0.25) is 4.79 Å². The monoisotopic (exact) mass is 334 g/mol. The van der Waals surface area contributed by atoms with Crippen molar-refractivity contribution in [1.29, 1.82) is 5.26 Å². The Morgan fingerprint density at radius 3 is 2.64 bits per heavy atom. The number of ether oxygens (including phenoxy) is 1. The first kappa shape index (κ1) is 16.6. The van der Waals surface area contributed by atoms with E-state index < -0.39 is 6.10 Å². The van der Waals surface area contributed by atoms with E-state index in [1.807, 2.05) is 43.3 Å². The second kappa shape index (κ2) is 7.10. The molecule has 0 radical (unpaired) electrons. The third-order valence-corrected chi connectivity index (χ3v) is 3.91. The largest absolute Gasteiger partial charge is 0.480 e. The van der Waals surface area contributed by atoms with Crippen LogP contribution >= 0.6 is 0 Å². The van der Waals surface area contributed by atoms with Crippen LogP contribution in [0, 0.1) is 11.3 Å². The summed E-state index contributed by atoms with van der Waals surface area (Å²) in [6.07, 6.45) is -0.735. The summed E-state index contributed by atoms with van der Waals surface area (Å²) in [6.45, 7) is 3.50. The van der Waals surface area contributed by atoms with Crippen LogP contribution in [0.25, 0.3) is 11.0 Å². The van der Waals surface area contributed by atoms with Crippen molar-refractivity contribution in [3.63, 3.8) is 0 Å². The fourth-order valence-electron chi connectivity index (χ4n) is 2.52. The minimum atomic E-state index is -0.735. The van der Waals surface area contributed by atoms with E-state index in [-0.39, 0.29) is 11.9 Å². The van der Waals surface area contributed by atoms with Gasteiger partial charge in [0.25, 0.3) is 5.91 Å². The van der Waals surface area contributed by atoms with E-state index >= 15 is 0 Å². The molecule has 2 aromatic carbocycles. The molecule has 0 saturated heterocycles. The standard InChI is InChI=1S/C20H18N2O3/c1-13(19-11-15-7-3-5-9-17(15)25-19)22-20(23)14(2)24-18-10-6-4-8-16(18)12-21/h3-11,13-14H,1-2H3,(H,22,23). The van der Waals surface area contributed by atoms with Crippen molar-refractivity contribution in [2.45, 2.75) is 26.0 Å². The van der Waals surface area contributed by atoms with Gasteiger partial charge in [-0.1, -0.05) is 30.3 Å². The molecule has 1 heterocycles. The average Bonchev–Trinajstić information content (AvgIpc) is 3.06. The molecule has 2 atom stereocenters. The number of benzene rings is 2. The van der Waals surface area contributed by atoms with Crippen LogP contribution in [0.5, 0.6) is 5.75 Å². The SMILES string of the molecule is CC(Oc1ccccc1C#N)C(=O)NC(C)c1cc2ccccc2o1. The Kier molecular flexibility index (Phi) is 4.71. The topological polar surface area (TPSA) is 75.3 Å². The smallest absolute Gasteiger partial charge is 0.261 e. The van der Waals surface area contributed by atoms with Crippen molar-refractivity contribution >= 4 is 16.9 Å². The summed E-state index contributed by atoms with van der Waals surface area (Å²) in [7, 11) is 0. The molecule has 0 spiro atoms. The maximum absolute atomic E-state index is 12.4. The zero-order valence-corrected chi connectivity index (χ0v) is 14.0. The predicted molar refractivity (Wildman–Crippen MR) is 94.0 cm³/mol. The molecular formula is C20H18N2O3. The van der Waals surface area contributed by atoms with Gasteiger partial charge in [0.05, 0.1) is 11.6 Å². The summed E-state index contributed by atoms with van der Waals surface area (Å²) in [6, 6.07) is 18.2. The lowest BCUT2D eigenvalue weighted by molar-refractivity contribution is -0.128. The van der Waals surface area contributed by atoms with E-state index in [2.05, 4.69) is 5.32 Å². The highest BCUT2D eigenvalue weighted by molar-refractivity contribution is 5.82. The van der Waals surface area contributed by atoms with Crippen LogP contribution in [0.15, 0.2) is 59.0 Å². The van der Waals surface area contributed by atoms with Gasteiger partial charge in [0, 0.05) is 5.39 Å². The summed E-state index contributed by atoms with van der Waals surface area (Å²) in [5.74, 6) is 0.795. The minimum absolute atomic E-state index is 0.277. The molecule has 1 N–H and O–H groups in total. The number of amides is 1. The number of nitrogens with zero attached hydrogens (tertiary/aromatic N) is 1. The Balaban J connectivity index is 1.67. The maximum Gasteiger partial charge on any atom is 0.261 e. The van der Waals surface area contributed by atoms with Crippen molar-refractivity contribution in [3.05, 3.63) is 65.9 Å². The summed E-state index contributed by atoms with van der Waals surface area (Å²) in [4.78, 5) is 12.4. The Labute approximate surface area is 145 Å². The molecule has 0 fully saturated rings. The van der Waals surface area contributed by atoms with Crippen molar-refractivity contribution < 1.29 is 13.9 Å². The number of fused-ring (bicyclic) bond motifs is 1. The lowest BCUT2D eigenvalue weighted by atomic mass is 10.2. The van der Waals surface area contributed by atoms with Gasteiger partial charge in [-0.05, 0) is 38.1 Å². The Hall–Kier alpha value is -3.26. The second-order valence-electron chi connectivity index (χ2n) is 5.78. The van der Waals surface area contributed by atoms with Gasteiger partial charge in [0.15, 0.2) is 6.10 Å². The van der Waals surface area contributed by atoms with E-state index in [0.29, 0.717) is 17.1 Å². The molecular weight excluding hydrogens is 316 g/mol. The number of hydrogen-bond donors (Lipinski definition) is 1. The number of nitriles is 1. The molecule has 126 valence electrons. The minimum Gasteiger partial charge on any atom is -0.480 e. The first-order valence-corrected chi connectivity index (χ1v) is 8.03. The molecule has 0 aliphatic carbocycles. The highest BCUT2D eigenvalue weighted by Crippen LogP contribution is 2.24. The number of para-hydroxylation sites is 2. The van der Waals surface area contributed by atoms with Gasteiger partial charge in [-0.25, -0.2) is 0 Å². The van der Waals surface area contributed by atoms with Crippen molar-refractivity contribution in [2.24, 2.45) is 0 Å². The molecule has 25 heavy (non-hydrogen) atoms. The summed E-state index contributed by atoms with van der Waals surface area (Å²) < 4.78 is 11.4. The van der Waals surface area contributed by atoms with Crippen LogP contribution in [-0.4, -0.2) is 12.0 Å². The average molecular weight is 334 g/mol. The second-order valence-corrected chi connectivity index (χ2v) is 5.78. The van der Waals surface area contributed by atoms with E-state index in [9.17, 15) is 4.79 Å². The molecule has 5 nitrogen and oxygen atoms in total. The third-order valence-electron chi connectivity index (χ3n) is 3.91. The molecule has 0 bridgehead atoms. The molecule has 1 aromatic heterocycles. The number of carbonyl (C=O) groups excluding carboxylic acids is 1. The molecule has 2 unspecified atom stereocenters. The van der Waals surface area contributed by atoms with Crippen molar-refractivity contribution in [3.8, 4) is 11.8 Å². The van der Waals surface area contributed by atoms with Crippen LogP contribution in [0.4, 0.5) is 0 Å². The van der Waals surface area contributed by atoms with Crippen LogP contribution in [-0.2, 0) is 4.79 Å². The number of hydrogen-bond acceptors (Lipinski definition) is 4. The molecule has 0 aliphatic rings. The predicted octanol–water partition coefficient (Wildman–Crippen LogP) is 3.95. The highest BCUT2D eigenvalue weighted by Gasteiger charge is 2.20. The Morgan fingerprint density at radius 2 is 1.88 bits per heavy atom. The maximum atomic E-state index is 12.4. The van der Waals surface area contributed by atoms with E-state index in [0.717, 1.165) is 11.0 Å². The first-order valence-electron chi connectivity index (χ1n) is 8.03. The van der Waals surface area contributed by atoms with Gasteiger partial charge >= 0.3 is 0 Å². The fourth-order valence-corrected chi connectivity index (χ4v) is 2.52. The van der Waals surface area contributed by atoms with Crippen LogP contribution in [0.1, 0.15) is 31.2 Å². The van der Waals surface area contributed by atoms with Gasteiger partial charge in [-0.2, -0.15) is 5.26 Å². The van der Waals surface area contributed by atoms with E-state index in [1.165, 1.54) is 0 Å². The van der Waals surface area contributed by atoms with E-state index in [4.69, 9.17) is 14.4 Å². The van der Waals surface area contributed by atoms with Crippen LogP contribution in [0.2, 0.25) is 0 Å². The molecule has 3 rings (SSSR count). The molecule has 0 saturated carbocycles. The van der Waals surface area contributed by atoms with Crippen LogP contribution < -0.4 is 10.1 Å². The fraction of sp³-hybridized carbons (Fsp3) is 0.200. The molecule has 1 amide bonds. The Bertz CT molecular complexity index is 906. The molecule has 3 aromatic rings. The van der Waals surface area contributed by atoms with Gasteiger partial charge in [0.1, 0.15) is 23.2 Å². The first-order chi connectivity index (χ1) is 12.1. The Morgan fingerprint density at radius 1 is 1.16 bits per heavy atom. The van der Waals surface area contributed by atoms with Crippen molar-refractivity contribution in [1.82, 2.24) is 5.32 Å². The molecule has 5 heteroatoms. The van der Waals surface area contributed by atoms with Crippen molar-refractivity contribution in [2.75, 3.05) is 0 Å². The zero-order valence-electron chi connectivity index (χ0n) is 14.0. The quantitative estimate of drug-likeness (QED) is 0.766. The number of rotatable bonds is 5. The summed E-state index contributed by atoms with van der Waals surface area (Å²) in [5.41, 5.74) is 1.18. The lowest BCUT2D eigenvalue weighted by Gasteiger charge is -2.18. The summed E-state index contributed by atoms with van der Waals surface area (Å²) >= 11 is 0. The normalized spacial score (nSPS) is 13.0. The number of carbonyl (C=O) groups is 1. The highest BCUT2D eigenvalue weighted by atomic mass is 16.5. The number of nitrogens with one attached hydrogen (secondary N) is 1. The van der Waals surface area contributed by atoms with Crippen LogP contribution in [0.3, 0.4) is 0 Å². The lowest BCUT2D eigenvalue weighted by Crippen LogP contribution is -2.37. The van der Waals surface area contributed by atoms with E-state index in [1.54, 1.807) is 31.2 Å². The zero-order chi connectivity index (χ0) is 17.8. The third kappa shape index (κ3) is 3.64. The van der Waals surface area contributed by atoms with Gasteiger partial charge in [-0.15, -0.1) is 0 Å². The summed E-state index contributed by atoms with van der Waals surface area (Å²) in [5, 5.41) is 13.0. The van der Waals surface area contributed by atoms with Gasteiger partial charge < -0.3 is 14.5 Å².